The van der Waals surface area contributed by atoms with Crippen LogP contribution in [0.4, 0.5) is 5.13 Å². The number of carbonyl (C=O) groups is 2. The summed E-state index contributed by atoms with van der Waals surface area (Å²) >= 11 is 2.78. The summed E-state index contributed by atoms with van der Waals surface area (Å²) in [6.45, 7) is 4.98. The number of thiophene rings is 1. The molecule has 4 heterocycles. The first kappa shape index (κ1) is 20.6. The number of hydrogen-bond acceptors (Lipinski definition) is 8. The lowest BCUT2D eigenvalue weighted by Gasteiger charge is -2.31. The van der Waals surface area contributed by atoms with E-state index in [9.17, 15) is 14.4 Å². The highest BCUT2D eigenvalue weighted by atomic mass is 32.1. The van der Waals surface area contributed by atoms with E-state index in [1.165, 1.54) is 22.7 Å². The van der Waals surface area contributed by atoms with Gasteiger partial charge < -0.3 is 15.2 Å². The van der Waals surface area contributed by atoms with Crippen LogP contribution in [0.15, 0.2) is 10.3 Å². The van der Waals surface area contributed by atoms with E-state index in [0.29, 0.717) is 48.7 Å². The molecule has 11 heteroatoms. The summed E-state index contributed by atoms with van der Waals surface area (Å²) in [5, 5.41) is 11.4. The molecule has 9 nitrogen and oxygen atoms in total. The molecule has 2 N–H and O–H groups in total. The molecule has 0 radical (unpaired) electrons. The highest BCUT2D eigenvalue weighted by molar-refractivity contribution is 7.18. The zero-order valence-corrected chi connectivity index (χ0v) is 18.4. The molecule has 3 aromatic heterocycles. The molecule has 158 valence electrons. The average molecular weight is 447 g/mol. The standard InChI is InChI=1S/C19H22N6O3S2/c1-10-11(2)30-18-15(10)17(28)21-13(22-18)3-4-14(26)25-7-5-12(6-8-25)16(27)23-19-24-20-9-29-19/h9,12H,3-8H2,1-2H3,(H,21,22,28)(H,23,24,27). The summed E-state index contributed by atoms with van der Waals surface area (Å²) in [6.07, 6.45) is 1.90. The summed E-state index contributed by atoms with van der Waals surface area (Å²) in [6, 6.07) is 0. The minimum absolute atomic E-state index is 0.0132. The fourth-order valence-electron chi connectivity index (χ4n) is 3.63. The van der Waals surface area contributed by atoms with E-state index in [1.807, 2.05) is 13.8 Å². The molecule has 0 unspecified atom stereocenters. The lowest BCUT2D eigenvalue weighted by Crippen LogP contribution is -2.41. The van der Waals surface area contributed by atoms with Gasteiger partial charge in [-0.2, -0.15) is 0 Å². The van der Waals surface area contributed by atoms with Gasteiger partial charge in [-0.1, -0.05) is 11.3 Å². The third-order valence-electron chi connectivity index (χ3n) is 5.47. The molecule has 1 fully saturated rings. The Hall–Kier alpha value is -2.66. The van der Waals surface area contributed by atoms with Gasteiger partial charge >= 0.3 is 0 Å². The number of aryl methyl sites for hydroxylation is 3. The maximum atomic E-state index is 12.6. The quantitative estimate of drug-likeness (QED) is 0.620. The van der Waals surface area contributed by atoms with Gasteiger partial charge in [0.25, 0.3) is 5.56 Å². The molecule has 1 saturated heterocycles. The first-order chi connectivity index (χ1) is 14.4. The van der Waals surface area contributed by atoms with Gasteiger partial charge in [0, 0.05) is 36.7 Å². The molecular formula is C19H22N6O3S2. The number of aromatic nitrogens is 4. The van der Waals surface area contributed by atoms with Crippen molar-refractivity contribution in [2.45, 2.75) is 39.5 Å². The lowest BCUT2D eigenvalue weighted by atomic mass is 9.95. The number of piperidine rings is 1. The van der Waals surface area contributed by atoms with E-state index in [-0.39, 0.29) is 29.7 Å². The summed E-state index contributed by atoms with van der Waals surface area (Å²) in [7, 11) is 0. The molecule has 1 aliphatic heterocycles. The third-order valence-corrected chi connectivity index (χ3v) is 7.18. The number of nitrogens with zero attached hydrogens (tertiary/aromatic N) is 4. The first-order valence-electron chi connectivity index (χ1n) is 9.76. The summed E-state index contributed by atoms with van der Waals surface area (Å²) in [4.78, 5) is 48.2. The van der Waals surface area contributed by atoms with Crippen LogP contribution in [0.2, 0.25) is 0 Å². The third kappa shape index (κ3) is 4.26. The van der Waals surface area contributed by atoms with Crippen LogP contribution in [0.5, 0.6) is 0 Å². The van der Waals surface area contributed by atoms with Crippen molar-refractivity contribution in [3.05, 3.63) is 32.1 Å². The number of anilines is 1. The number of likely N-dealkylation sites (tertiary alicyclic amines) is 1. The summed E-state index contributed by atoms with van der Waals surface area (Å²) in [5.74, 6) is 0.340. The average Bonchev–Trinajstić information content (AvgIpc) is 3.34. The molecule has 1 aliphatic rings. The van der Waals surface area contributed by atoms with Crippen molar-refractivity contribution in [2.75, 3.05) is 18.4 Å². The van der Waals surface area contributed by atoms with Crippen molar-refractivity contribution in [3.63, 3.8) is 0 Å². The Morgan fingerprint density at radius 1 is 1.30 bits per heavy atom. The molecule has 0 bridgehead atoms. The minimum atomic E-state index is -0.147. The van der Waals surface area contributed by atoms with Crippen LogP contribution in [0.1, 0.15) is 35.5 Å². The van der Waals surface area contributed by atoms with Crippen LogP contribution in [0.25, 0.3) is 10.2 Å². The smallest absolute Gasteiger partial charge is 0.259 e. The Morgan fingerprint density at radius 3 is 2.77 bits per heavy atom. The van der Waals surface area contributed by atoms with E-state index < -0.39 is 0 Å². The molecule has 30 heavy (non-hydrogen) atoms. The zero-order valence-electron chi connectivity index (χ0n) is 16.7. The van der Waals surface area contributed by atoms with Gasteiger partial charge in [-0.15, -0.1) is 21.5 Å². The van der Waals surface area contributed by atoms with E-state index in [0.717, 1.165) is 15.3 Å². The van der Waals surface area contributed by atoms with Gasteiger partial charge in [0.1, 0.15) is 16.2 Å². The normalized spacial score (nSPS) is 14.9. The van der Waals surface area contributed by atoms with Crippen LogP contribution < -0.4 is 10.9 Å². The molecule has 0 spiro atoms. The highest BCUT2D eigenvalue weighted by Crippen LogP contribution is 2.26. The van der Waals surface area contributed by atoms with Gasteiger partial charge in [-0.05, 0) is 32.3 Å². The summed E-state index contributed by atoms with van der Waals surface area (Å²) < 4.78 is 0. The second-order valence-corrected chi connectivity index (χ2v) is 9.40. The molecule has 3 aromatic rings. The Labute approximate surface area is 180 Å². The Bertz CT molecular complexity index is 1130. The van der Waals surface area contributed by atoms with Gasteiger partial charge in [0.05, 0.1) is 5.39 Å². The number of aromatic amines is 1. The lowest BCUT2D eigenvalue weighted by molar-refractivity contribution is -0.134. The number of carbonyl (C=O) groups excluding carboxylic acids is 2. The van der Waals surface area contributed by atoms with Gasteiger partial charge in [-0.3, -0.25) is 14.4 Å². The second-order valence-electron chi connectivity index (χ2n) is 7.36. The first-order valence-corrected chi connectivity index (χ1v) is 11.5. The van der Waals surface area contributed by atoms with Gasteiger partial charge in [-0.25, -0.2) is 4.98 Å². The maximum absolute atomic E-state index is 12.6. The monoisotopic (exact) mass is 446 g/mol. The zero-order chi connectivity index (χ0) is 21.3. The summed E-state index contributed by atoms with van der Waals surface area (Å²) in [5.41, 5.74) is 2.38. The predicted octanol–water partition coefficient (Wildman–Crippen LogP) is 2.26. The van der Waals surface area contributed by atoms with Crippen LogP contribution >= 0.6 is 22.7 Å². The molecule has 0 atom stereocenters. The topological polar surface area (TPSA) is 121 Å². The Morgan fingerprint density at radius 2 is 2.07 bits per heavy atom. The number of rotatable bonds is 5. The molecular weight excluding hydrogens is 424 g/mol. The fraction of sp³-hybridized carbons (Fsp3) is 0.474. The van der Waals surface area contributed by atoms with Crippen molar-refractivity contribution >= 4 is 49.8 Å². The second kappa shape index (κ2) is 8.60. The van der Waals surface area contributed by atoms with Crippen molar-refractivity contribution < 1.29 is 9.59 Å². The van der Waals surface area contributed by atoms with Crippen molar-refractivity contribution in [1.29, 1.82) is 0 Å². The van der Waals surface area contributed by atoms with Gasteiger partial charge in [0.2, 0.25) is 16.9 Å². The largest absolute Gasteiger partial charge is 0.343 e. The van der Waals surface area contributed by atoms with E-state index in [4.69, 9.17) is 0 Å². The van der Waals surface area contributed by atoms with Crippen LogP contribution in [0.3, 0.4) is 0 Å². The van der Waals surface area contributed by atoms with Crippen molar-refractivity contribution in [3.8, 4) is 0 Å². The number of hydrogen-bond donors (Lipinski definition) is 2. The maximum Gasteiger partial charge on any atom is 0.259 e. The molecule has 0 aromatic carbocycles. The minimum Gasteiger partial charge on any atom is -0.343 e. The molecule has 4 rings (SSSR count). The predicted molar refractivity (Wildman–Crippen MR) is 116 cm³/mol. The van der Waals surface area contributed by atoms with Gasteiger partial charge in [0.15, 0.2) is 0 Å². The number of fused-ring (bicyclic) bond motifs is 1. The number of amides is 2. The fourth-order valence-corrected chi connectivity index (χ4v) is 5.12. The molecule has 0 aliphatic carbocycles. The van der Waals surface area contributed by atoms with E-state index >= 15 is 0 Å². The van der Waals surface area contributed by atoms with E-state index in [1.54, 1.807) is 10.4 Å². The van der Waals surface area contributed by atoms with Crippen LogP contribution in [-0.2, 0) is 16.0 Å². The van der Waals surface area contributed by atoms with E-state index in [2.05, 4.69) is 25.5 Å². The van der Waals surface area contributed by atoms with Crippen LogP contribution in [0, 0.1) is 19.8 Å². The molecule has 2 amide bonds. The molecule has 0 saturated carbocycles. The SMILES string of the molecule is Cc1sc2nc(CCC(=O)N3CCC(C(=O)Nc4nncs4)CC3)[nH]c(=O)c2c1C. The number of H-pyrrole nitrogens is 1. The van der Waals surface area contributed by atoms with Crippen LogP contribution in [-0.4, -0.2) is 50.0 Å². The number of nitrogens with one attached hydrogen (secondary N) is 2. The highest BCUT2D eigenvalue weighted by Gasteiger charge is 2.27. The van der Waals surface area contributed by atoms with Crippen molar-refractivity contribution in [1.82, 2.24) is 25.1 Å². The van der Waals surface area contributed by atoms with Crippen molar-refractivity contribution in [2.24, 2.45) is 5.92 Å². The Kier molecular flexibility index (Phi) is 5.91. The Balaban J connectivity index is 1.30.